The number of nitrogens with zero attached hydrogens (tertiary/aromatic N) is 4. The lowest BCUT2D eigenvalue weighted by Gasteiger charge is -2.30. The van der Waals surface area contributed by atoms with Crippen LogP contribution in [0.2, 0.25) is 0 Å². The summed E-state index contributed by atoms with van der Waals surface area (Å²) in [6.07, 6.45) is 6.42. The topological polar surface area (TPSA) is 71.0 Å². The molecule has 0 bridgehead atoms. The summed E-state index contributed by atoms with van der Waals surface area (Å²) in [4.78, 5) is 28.3. The monoisotopic (exact) mass is 337 g/mol. The molecule has 2 aliphatic heterocycles. The maximum atomic E-state index is 12.6. The highest BCUT2D eigenvalue weighted by Crippen LogP contribution is 2.31. The maximum absolute atomic E-state index is 12.6. The number of piperidine rings is 1. The van der Waals surface area contributed by atoms with Crippen molar-refractivity contribution in [2.24, 2.45) is 0 Å². The van der Waals surface area contributed by atoms with Gasteiger partial charge >= 0.3 is 0 Å². The van der Waals surface area contributed by atoms with Gasteiger partial charge in [0.25, 0.3) is 0 Å². The largest absolute Gasteiger partial charge is 0.307 e. The third-order valence-corrected chi connectivity index (χ3v) is 5.02. The van der Waals surface area contributed by atoms with E-state index in [-0.39, 0.29) is 11.9 Å². The SMILES string of the molecule is Cc1nc([C@@H]2CCCCN2)nc2c1CCC(=O)N2Cc1ccccn1. The smallest absolute Gasteiger partial charge is 0.228 e. The van der Waals surface area contributed by atoms with Crippen molar-refractivity contribution in [1.82, 2.24) is 20.3 Å². The molecule has 6 nitrogen and oxygen atoms in total. The van der Waals surface area contributed by atoms with Crippen LogP contribution in [0.4, 0.5) is 5.82 Å². The van der Waals surface area contributed by atoms with Gasteiger partial charge in [0.05, 0.1) is 18.3 Å². The van der Waals surface area contributed by atoms with Crippen LogP contribution in [0, 0.1) is 6.92 Å². The third-order valence-electron chi connectivity index (χ3n) is 5.02. The van der Waals surface area contributed by atoms with Gasteiger partial charge in [-0.25, -0.2) is 9.97 Å². The number of carbonyl (C=O) groups is 1. The van der Waals surface area contributed by atoms with Crippen molar-refractivity contribution in [3.8, 4) is 0 Å². The molecule has 1 fully saturated rings. The predicted molar refractivity (Wildman–Crippen MR) is 95.1 cm³/mol. The minimum Gasteiger partial charge on any atom is -0.307 e. The molecule has 1 saturated heterocycles. The van der Waals surface area contributed by atoms with Gasteiger partial charge < -0.3 is 5.32 Å². The molecule has 0 radical (unpaired) electrons. The first-order valence-electron chi connectivity index (χ1n) is 9.03. The Labute approximate surface area is 147 Å². The minimum absolute atomic E-state index is 0.110. The number of nitrogens with one attached hydrogen (secondary N) is 1. The van der Waals surface area contributed by atoms with Crippen LogP contribution in [0.25, 0.3) is 0 Å². The molecule has 0 aliphatic carbocycles. The summed E-state index contributed by atoms with van der Waals surface area (Å²) in [6, 6.07) is 5.96. The number of pyridine rings is 1. The molecule has 130 valence electrons. The first-order valence-corrected chi connectivity index (χ1v) is 9.03. The number of hydrogen-bond donors (Lipinski definition) is 1. The Morgan fingerprint density at radius 3 is 2.92 bits per heavy atom. The summed E-state index contributed by atoms with van der Waals surface area (Å²) in [5.74, 6) is 1.70. The van der Waals surface area contributed by atoms with E-state index in [4.69, 9.17) is 9.97 Å². The van der Waals surface area contributed by atoms with Crippen molar-refractivity contribution in [3.05, 3.63) is 47.2 Å². The standard InChI is InChI=1S/C19H23N5O/c1-13-15-8-9-17(25)24(12-14-6-2-4-10-20-14)19(15)23-18(22-13)16-7-3-5-11-21-16/h2,4,6,10,16,21H,3,5,7-9,11-12H2,1H3/t16-/m0/s1. The van der Waals surface area contributed by atoms with Crippen LogP contribution in [-0.4, -0.2) is 27.4 Å². The Morgan fingerprint density at radius 2 is 2.16 bits per heavy atom. The van der Waals surface area contributed by atoms with Gasteiger partial charge in [0.15, 0.2) is 0 Å². The fourth-order valence-electron chi connectivity index (χ4n) is 3.65. The molecule has 0 saturated carbocycles. The van der Waals surface area contributed by atoms with E-state index in [0.717, 1.165) is 48.0 Å². The minimum atomic E-state index is 0.110. The van der Waals surface area contributed by atoms with Gasteiger partial charge in [-0.15, -0.1) is 0 Å². The van der Waals surface area contributed by atoms with Crippen molar-refractivity contribution >= 4 is 11.7 Å². The summed E-state index contributed by atoms with van der Waals surface area (Å²) in [5.41, 5.74) is 2.96. The van der Waals surface area contributed by atoms with Gasteiger partial charge in [-0.1, -0.05) is 12.5 Å². The van der Waals surface area contributed by atoms with E-state index in [1.54, 1.807) is 11.1 Å². The first kappa shape index (κ1) is 16.1. The lowest BCUT2D eigenvalue weighted by molar-refractivity contribution is -0.119. The molecular formula is C19H23N5O. The van der Waals surface area contributed by atoms with Gasteiger partial charge in [0, 0.05) is 23.9 Å². The highest BCUT2D eigenvalue weighted by molar-refractivity contribution is 5.95. The first-order chi connectivity index (χ1) is 12.2. The van der Waals surface area contributed by atoms with E-state index < -0.39 is 0 Å². The molecular weight excluding hydrogens is 314 g/mol. The predicted octanol–water partition coefficient (Wildman–Crippen LogP) is 2.47. The molecule has 25 heavy (non-hydrogen) atoms. The van der Waals surface area contributed by atoms with Crippen LogP contribution < -0.4 is 10.2 Å². The highest BCUT2D eigenvalue weighted by atomic mass is 16.2. The van der Waals surface area contributed by atoms with Crippen molar-refractivity contribution in [1.29, 1.82) is 0 Å². The zero-order valence-electron chi connectivity index (χ0n) is 14.5. The number of fused-ring (bicyclic) bond motifs is 1. The molecule has 4 heterocycles. The number of aromatic nitrogens is 3. The normalized spacial score (nSPS) is 20.4. The molecule has 1 amide bonds. The lowest BCUT2D eigenvalue weighted by Crippen LogP contribution is -2.37. The summed E-state index contributed by atoms with van der Waals surface area (Å²) < 4.78 is 0. The Bertz CT molecular complexity index is 771. The summed E-state index contributed by atoms with van der Waals surface area (Å²) in [7, 11) is 0. The molecule has 0 aromatic carbocycles. The van der Waals surface area contributed by atoms with Crippen molar-refractivity contribution in [2.45, 2.75) is 51.6 Å². The van der Waals surface area contributed by atoms with Gasteiger partial charge in [-0.05, 0) is 44.9 Å². The van der Waals surface area contributed by atoms with Gasteiger partial charge in [-0.2, -0.15) is 0 Å². The van der Waals surface area contributed by atoms with Crippen LogP contribution in [-0.2, 0) is 17.8 Å². The van der Waals surface area contributed by atoms with E-state index in [1.165, 1.54) is 12.8 Å². The van der Waals surface area contributed by atoms with Gasteiger partial charge in [0.2, 0.25) is 5.91 Å². The van der Waals surface area contributed by atoms with E-state index in [1.807, 2.05) is 25.1 Å². The van der Waals surface area contributed by atoms with Gasteiger partial charge in [-0.3, -0.25) is 14.7 Å². The van der Waals surface area contributed by atoms with Crippen molar-refractivity contribution in [3.63, 3.8) is 0 Å². The summed E-state index contributed by atoms with van der Waals surface area (Å²) in [5, 5.41) is 3.50. The zero-order chi connectivity index (χ0) is 17.2. The lowest BCUT2D eigenvalue weighted by atomic mass is 10.0. The highest BCUT2D eigenvalue weighted by Gasteiger charge is 2.30. The van der Waals surface area contributed by atoms with E-state index in [2.05, 4.69) is 10.3 Å². The Kier molecular flexibility index (Phi) is 4.44. The number of rotatable bonds is 3. The second kappa shape index (κ2) is 6.88. The number of anilines is 1. The molecule has 1 atom stereocenters. The molecule has 1 N–H and O–H groups in total. The molecule has 0 unspecified atom stereocenters. The van der Waals surface area contributed by atoms with Crippen LogP contribution in [0.5, 0.6) is 0 Å². The quantitative estimate of drug-likeness (QED) is 0.932. The Hall–Kier alpha value is -2.34. The van der Waals surface area contributed by atoms with Gasteiger partial charge in [0.1, 0.15) is 11.6 Å². The second-order valence-corrected chi connectivity index (χ2v) is 6.77. The fourth-order valence-corrected chi connectivity index (χ4v) is 3.65. The average molecular weight is 337 g/mol. The third kappa shape index (κ3) is 3.26. The number of hydrogen-bond acceptors (Lipinski definition) is 5. The molecule has 0 spiro atoms. The molecule has 2 aromatic rings. The molecule has 4 rings (SSSR count). The zero-order valence-corrected chi connectivity index (χ0v) is 14.5. The molecule has 6 heteroatoms. The van der Waals surface area contributed by atoms with Crippen molar-refractivity contribution < 1.29 is 4.79 Å². The van der Waals surface area contributed by atoms with Crippen LogP contribution in [0.15, 0.2) is 24.4 Å². The summed E-state index contributed by atoms with van der Waals surface area (Å²) in [6.45, 7) is 3.49. The second-order valence-electron chi connectivity index (χ2n) is 6.77. The van der Waals surface area contributed by atoms with E-state index in [9.17, 15) is 4.79 Å². The van der Waals surface area contributed by atoms with Crippen LogP contribution >= 0.6 is 0 Å². The maximum Gasteiger partial charge on any atom is 0.228 e. The molecule has 2 aromatic heterocycles. The molecule has 2 aliphatic rings. The number of carbonyl (C=O) groups excluding carboxylic acids is 1. The van der Waals surface area contributed by atoms with Crippen molar-refractivity contribution in [2.75, 3.05) is 11.4 Å². The van der Waals surface area contributed by atoms with E-state index >= 15 is 0 Å². The van der Waals surface area contributed by atoms with E-state index in [0.29, 0.717) is 13.0 Å². The van der Waals surface area contributed by atoms with Crippen LogP contribution in [0.3, 0.4) is 0 Å². The summed E-state index contributed by atoms with van der Waals surface area (Å²) >= 11 is 0. The average Bonchev–Trinajstić information content (AvgIpc) is 2.65. The fraction of sp³-hybridized carbons (Fsp3) is 0.474. The number of aryl methyl sites for hydroxylation is 1. The van der Waals surface area contributed by atoms with Crippen LogP contribution in [0.1, 0.15) is 54.5 Å². The Morgan fingerprint density at radius 1 is 1.24 bits per heavy atom. The number of amides is 1. The Balaban J connectivity index is 1.71.